The molecule has 0 heterocycles. The maximum absolute atomic E-state index is 11.1. The molecule has 1 aromatic carbocycles. The van der Waals surface area contributed by atoms with E-state index in [4.69, 9.17) is 4.74 Å². The van der Waals surface area contributed by atoms with Gasteiger partial charge in [0, 0.05) is 18.7 Å². The van der Waals surface area contributed by atoms with Crippen LogP contribution in [0.15, 0.2) is 42.5 Å². The van der Waals surface area contributed by atoms with Crippen molar-refractivity contribution in [2.45, 2.75) is 32.7 Å². The number of ether oxygens (including phenoxy) is 1. The van der Waals surface area contributed by atoms with Crippen LogP contribution in [0.25, 0.3) is 0 Å². The molecule has 0 saturated carbocycles. The number of esters is 1. The van der Waals surface area contributed by atoms with Gasteiger partial charge in [-0.3, -0.25) is 0 Å². The highest BCUT2D eigenvalue weighted by Gasteiger charge is 2.00. The lowest BCUT2D eigenvalue weighted by Gasteiger charge is -2.12. The van der Waals surface area contributed by atoms with Gasteiger partial charge in [-0.15, -0.1) is 0 Å². The van der Waals surface area contributed by atoms with Gasteiger partial charge >= 0.3 is 5.97 Å². The molecule has 3 nitrogen and oxygen atoms in total. The van der Waals surface area contributed by atoms with Gasteiger partial charge in [0.2, 0.25) is 0 Å². The van der Waals surface area contributed by atoms with E-state index in [9.17, 15) is 4.79 Å². The summed E-state index contributed by atoms with van der Waals surface area (Å²) in [4.78, 5) is 11.1. The van der Waals surface area contributed by atoms with E-state index < -0.39 is 0 Å². The van der Waals surface area contributed by atoms with Gasteiger partial charge in [-0.1, -0.05) is 36.4 Å². The second kappa shape index (κ2) is 9.34. The summed E-state index contributed by atoms with van der Waals surface area (Å²) in [6, 6.07) is 10.9. The first kappa shape index (κ1) is 15.4. The fraction of sp³-hybridized carbons (Fsp3) is 0.438. The summed E-state index contributed by atoms with van der Waals surface area (Å²) in [7, 11) is 0. The first-order chi connectivity index (χ1) is 9.22. The molecule has 0 aliphatic carbocycles. The van der Waals surface area contributed by atoms with Crippen molar-refractivity contribution in [1.82, 2.24) is 5.32 Å². The van der Waals surface area contributed by atoms with Crippen LogP contribution < -0.4 is 5.32 Å². The summed E-state index contributed by atoms with van der Waals surface area (Å²) >= 11 is 0. The molecule has 19 heavy (non-hydrogen) atoms. The van der Waals surface area contributed by atoms with E-state index in [0.717, 1.165) is 12.8 Å². The van der Waals surface area contributed by atoms with E-state index in [2.05, 4.69) is 36.5 Å². The van der Waals surface area contributed by atoms with Gasteiger partial charge in [0.15, 0.2) is 0 Å². The molecule has 0 aliphatic rings. The maximum atomic E-state index is 11.1. The first-order valence-electron chi connectivity index (χ1n) is 6.83. The van der Waals surface area contributed by atoms with Crippen LogP contribution in [0.5, 0.6) is 0 Å². The Morgan fingerprint density at radius 3 is 2.79 bits per heavy atom. The van der Waals surface area contributed by atoms with Gasteiger partial charge in [-0.2, -0.15) is 0 Å². The second-order valence-corrected chi connectivity index (χ2v) is 4.49. The Kier molecular flexibility index (Phi) is 7.59. The van der Waals surface area contributed by atoms with Gasteiger partial charge in [0.1, 0.15) is 0 Å². The molecule has 0 bridgehead atoms. The summed E-state index contributed by atoms with van der Waals surface area (Å²) < 4.78 is 4.80. The molecule has 0 fully saturated rings. The molecule has 0 saturated heterocycles. The molecule has 1 unspecified atom stereocenters. The van der Waals surface area contributed by atoms with E-state index in [1.807, 2.05) is 6.07 Å². The third kappa shape index (κ3) is 7.42. The Balaban J connectivity index is 2.14. The number of hydrogen-bond donors (Lipinski definition) is 1. The Labute approximate surface area is 115 Å². The van der Waals surface area contributed by atoms with Crippen LogP contribution in [0.1, 0.15) is 25.8 Å². The van der Waals surface area contributed by atoms with E-state index in [-0.39, 0.29) is 5.97 Å². The summed E-state index contributed by atoms with van der Waals surface area (Å²) in [5.74, 6) is -0.277. The van der Waals surface area contributed by atoms with Crippen molar-refractivity contribution >= 4 is 5.97 Å². The summed E-state index contributed by atoms with van der Waals surface area (Å²) in [6.07, 6.45) is 5.42. The Morgan fingerprint density at radius 2 is 2.11 bits per heavy atom. The molecular formula is C16H23NO2. The Morgan fingerprint density at radius 1 is 1.37 bits per heavy atom. The van der Waals surface area contributed by atoms with Crippen LogP contribution in [0, 0.1) is 0 Å². The predicted molar refractivity (Wildman–Crippen MR) is 78.0 cm³/mol. The van der Waals surface area contributed by atoms with Crippen molar-refractivity contribution in [1.29, 1.82) is 0 Å². The molecule has 1 aromatic rings. The zero-order valence-corrected chi connectivity index (χ0v) is 11.8. The summed E-state index contributed by atoms with van der Waals surface area (Å²) in [6.45, 7) is 5.07. The molecule has 0 aromatic heterocycles. The third-order valence-electron chi connectivity index (χ3n) is 2.83. The van der Waals surface area contributed by atoms with Crippen LogP contribution >= 0.6 is 0 Å². The molecule has 1 atom stereocenters. The van der Waals surface area contributed by atoms with Gasteiger partial charge in [0.05, 0.1) is 6.61 Å². The van der Waals surface area contributed by atoms with E-state index in [1.54, 1.807) is 13.0 Å². The van der Waals surface area contributed by atoms with Gasteiger partial charge < -0.3 is 10.1 Å². The number of hydrogen-bond acceptors (Lipinski definition) is 3. The van der Waals surface area contributed by atoms with Crippen LogP contribution in [-0.4, -0.2) is 25.2 Å². The molecule has 0 spiro atoms. The number of aryl methyl sites for hydroxylation is 1. The molecule has 0 radical (unpaired) electrons. The fourth-order valence-electron chi connectivity index (χ4n) is 1.74. The largest absolute Gasteiger partial charge is 0.463 e. The van der Waals surface area contributed by atoms with Crippen LogP contribution in [0.4, 0.5) is 0 Å². The molecule has 104 valence electrons. The lowest BCUT2D eigenvalue weighted by atomic mass is 10.1. The number of nitrogens with one attached hydrogen (secondary N) is 1. The SMILES string of the molecule is CCOC(=O)/C=C/CNC(C)CCc1ccccc1. The fourth-order valence-corrected chi connectivity index (χ4v) is 1.74. The van der Waals surface area contributed by atoms with Crippen molar-refractivity contribution in [3.8, 4) is 0 Å². The van der Waals surface area contributed by atoms with Crippen molar-refractivity contribution in [2.24, 2.45) is 0 Å². The van der Waals surface area contributed by atoms with Gasteiger partial charge in [0.25, 0.3) is 0 Å². The molecule has 1 rings (SSSR count). The minimum Gasteiger partial charge on any atom is -0.463 e. The average molecular weight is 261 g/mol. The normalized spacial score (nSPS) is 12.5. The van der Waals surface area contributed by atoms with Crippen LogP contribution in [0.2, 0.25) is 0 Å². The zero-order valence-electron chi connectivity index (χ0n) is 11.8. The number of rotatable bonds is 8. The highest BCUT2D eigenvalue weighted by atomic mass is 16.5. The highest BCUT2D eigenvalue weighted by molar-refractivity contribution is 5.81. The Hall–Kier alpha value is -1.61. The average Bonchev–Trinajstić information content (AvgIpc) is 2.43. The quantitative estimate of drug-likeness (QED) is 0.577. The van der Waals surface area contributed by atoms with E-state index in [1.165, 1.54) is 11.6 Å². The standard InChI is InChI=1S/C16H23NO2/c1-3-19-16(18)10-7-13-17-14(2)11-12-15-8-5-4-6-9-15/h4-10,14,17H,3,11-13H2,1-2H3/b10-7+. The second-order valence-electron chi connectivity index (χ2n) is 4.49. The third-order valence-corrected chi connectivity index (χ3v) is 2.83. The predicted octanol–water partition coefficient (Wildman–Crippen LogP) is 2.72. The Bertz CT molecular complexity index is 387. The number of carbonyl (C=O) groups is 1. The summed E-state index contributed by atoms with van der Waals surface area (Å²) in [5.41, 5.74) is 1.36. The monoisotopic (exact) mass is 261 g/mol. The number of benzene rings is 1. The summed E-state index contributed by atoms with van der Waals surface area (Å²) in [5, 5.41) is 3.36. The van der Waals surface area contributed by atoms with Crippen LogP contribution in [-0.2, 0) is 16.0 Å². The first-order valence-corrected chi connectivity index (χ1v) is 6.83. The maximum Gasteiger partial charge on any atom is 0.330 e. The van der Waals surface area contributed by atoms with Gasteiger partial charge in [-0.25, -0.2) is 4.79 Å². The van der Waals surface area contributed by atoms with Crippen molar-refractivity contribution in [2.75, 3.05) is 13.2 Å². The topological polar surface area (TPSA) is 38.3 Å². The molecule has 1 N–H and O–H groups in total. The minimum absolute atomic E-state index is 0.277. The molecule has 0 aliphatic heterocycles. The van der Waals surface area contributed by atoms with Crippen molar-refractivity contribution in [3.05, 3.63) is 48.0 Å². The lowest BCUT2D eigenvalue weighted by Crippen LogP contribution is -2.26. The minimum atomic E-state index is -0.277. The van der Waals surface area contributed by atoms with Crippen molar-refractivity contribution in [3.63, 3.8) is 0 Å². The van der Waals surface area contributed by atoms with Gasteiger partial charge in [-0.05, 0) is 32.3 Å². The van der Waals surface area contributed by atoms with Crippen LogP contribution in [0.3, 0.4) is 0 Å². The van der Waals surface area contributed by atoms with E-state index >= 15 is 0 Å². The zero-order chi connectivity index (χ0) is 13.9. The van der Waals surface area contributed by atoms with E-state index in [0.29, 0.717) is 19.2 Å². The molecular weight excluding hydrogens is 238 g/mol. The number of carbonyl (C=O) groups excluding carboxylic acids is 1. The van der Waals surface area contributed by atoms with Crippen molar-refractivity contribution < 1.29 is 9.53 Å². The molecule has 3 heteroatoms. The lowest BCUT2D eigenvalue weighted by molar-refractivity contribution is -0.137. The molecule has 0 amide bonds. The smallest absolute Gasteiger partial charge is 0.330 e. The highest BCUT2D eigenvalue weighted by Crippen LogP contribution is 2.04.